The summed E-state index contributed by atoms with van der Waals surface area (Å²) in [4.78, 5) is 12.1. The van der Waals surface area contributed by atoms with Crippen LogP contribution in [0.25, 0.3) is 0 Å². The molecule has 0 saturated carbocycles. The third kappa shape index (κ3) is 3.17. The molecule has 22 heavy (non-hydrogen) atoms. The van der Waals surface area contributed by atoms with Crippen molar-refractivity contribution in [2.45, 2.75) is 25.8 Å². The molecule has 1 aromatic heterocycles. The number of aromatic nitrogens is 2. The van der Waals surface area contributed by atoms with Gasteiger partial charge in [-0.05, 0) is 37.5 Å². The van der Waals surface area contributed by atoms with E-state index >= 15 is 0 Å². The number of carbonyl (C=O) groups excluding carboxylic acids is 1. The molecule has 0 bridgehead atoms. The van der Waals surface area contributed by atoms with E-state index in [0.29, 0.717) is 22.9 Å². The Morgan fingerprint density at radius 3 is 2.91 bits per heavy atom. The maximum Gasteiger partial charge on any atom is 0.255 e. The second kappa shape index (κ2) is 6.27. The van der Waals surface area contributed by atoms with Gasteiger partial charge in [0.15, 0.2) is 0 Å². The Morgan fingerprint density at radius 1 is 1.41 bits per heavy atom. The molecular weight excluding hydrogens is 285 g/mol. The second-order valence-electron chi connectivity index (χ2n) is 5.47. The van der Waals surface area contributed by atoms with E-state index in [2.05, 4.69) is 10.4 Å². The van der Waals surface area contributed by atoms with Crippen LogP contribution in [0.15, 0.2) is 30.6 Å². The van der Waals surface area contributed by atoms with Gasteiger partial charge in [-0.25, -0.2) is 4.39 Å². The highest BCUT2D eigenvalue weighted by Crippen LogP contribution is 2.21. The molecule has 1 N–H and O–H groups in total. The molecule has 0 unspecified atom stereocenters. The molecule has 0 spiro atoms. The molecule has 2 aromatic rings. The standard InChI is InChI=1S/C16H18FN3O2/c1-11-2-3-12(8-15(11)17)16(21)19-13-9-18-20(10-13)14-4-6-22-7-5-14/h2-3,8-10,14H,4-7H2,1H3,(H,19,21). The first-order chi connectivity index (χ1) is 10.6. The van der Waals surface area contributed by atoms with Gasteiger partial charge in [0, 0.05) is 25.0 Å². The molecule has 116 valence electrons. The SMILES string of the molecule is Cc1ccc(C(=O)Nc2cnn(C3CCOCC3)c2)cc1F. The van der Waals surface area contributed by atoms with Gasteiger partial charge in [0.25, 0.3) is 5.91 Å². The molecule has 1 aromatic carbocycles. The first-order valence-electron chi connectivity index (χ1n) is 7.33. The van der Waals surface area contributed by atoms with Crippen LogP contribution in [-0.4, -0.2) is 28.9 Å². The van der Waals surface area contributed by atoms with Gasteiger partial charge in [-0.15, -0.1) is 0 Å². The van der Waals surface area contributed by atoms with E-state index in [0.717, 1.165) is 26.1 Å². The summed E-state index contributed by atoms with van der Waals surface area (Å²) in [6.07, 6.45) is 5.24. The molecular formula is C16H18FN3O2. The van der Waals surface area contributed by atoms with Crippen molar-refractivity contribution in [1.82, 2.24) is 9.78 Å². The molecule has 1 aliphatic rings. The Morgan fingerprint density at radius 2 is 2.18 bits per heavy atom. The van der Waals surface area contributed by atoms with E-state index in [1.165, 1.54) is 6.07 Å². The normalized spacial score (nSPS) is 15.7. The lowest BCUT2D eigenvalue weighted by Crippen LogP contribution is -2.19. The van der Waals surface area contributed by atoms with Crippen molar-refractivity contribution in [2.24, 2.45) is 0 Å². The Kier molecular flexibility index (Phi) is 4.20. The first kappa shape index (κ1) is 14.7. The molecule has 0 aliphatic carbocycles. The first-order valence-corrected chi connectivity index (χ1v) is 7.33. The van der Waals surface area contributed by atoms with Gasteiger partial charge in [0.1, 0.15) is 5.82 Å². The third-order valence-electron chi connectivity index (χ3n) is 3.86. The van der Waals surface area contributed by atoms with E-state index in [1.54, 1.807) is 31.5 Å². The summed E-state index contributed by atoms with van der Waals surface area (Å²) in [6.45, 7) is 3.12. The van der Waals surface area contributed by atoms with Gasteiger partial charge in [-0.2, -0.15) is 5.10 Å². The summed E-state index contributed by atoms with van der Waals surface area (Å²) < 4.78 is 20.7. The summed E-state index contributed by atoms with van der Waals surface area (Å²) >= 11 is 0. The van der Waals surface area contributed by atoms with Crippen LogP contribution in [0.5, 0.6) is 0 Å². The van der Waals surface area contributed by atoms with Gasteiger partial charge in [-0.3, -0.25) is 9.48 Å². The minimum Gasteiger partial charge on any atom is -0.381 e. The van der Waals surface area contributed by atoms with Crippen LogP contribution in [0.3, 0.4) is 0 Å². The molecule has 0 atom stereocenters. The van der Waals surface area contributed by atoms with Crippen molar-refractivity contribution in [3.8, 4) is 0 Å². The molecule has 0 radical (unpaired) electrons. The van der Waals surface area contributed by atoms with Crippen molar-refractivity contribution >= 4 is 11.6 Å². The summed E-state index contributed by atoms with van der Waals surface area (Å²) in [5, 5.41) is 7.03. The number of benzene rings is 1. The van der Waals surface area contributed by atoms with E-state index < -0.39 is 0 Å². The number of hydrogen-bond acceptors (Lipinski definition) is 3. The molecule has 1 amide bonds. The highest BCUT2D eigenvalue weighted by atomic mass is 19.1. The number of anilines is 1. The summed E-state index contributed by atoms with van der Waals surface area (Å²) in [6, 6.07) is 4.75. The van der Waals surface area contributed by atoms with Crippen LogP contribution in [0.2, 0.25) is 0 Å². The zero-order valence-corrected chi connectivity index (χ0v) is 12.4. The molecule has 6 heteroatoms. The lowest BCUT2D eigenvalue weighted by atomic mass is 10.1. The van der Waals surface area contributed by atoms with Gasteiger partial charge in [-0.1, -0.05) is 6.07 Å². The van der Waals surface area contributed by atoms with E-state index in [4.69, 9.17) is 4.74 Å². The summed E-state index contributed by atoms with van der Waals surface area (Å²) in [5.41, 5.74) is 1.42. The predicted molar refractivity (Wildman–Crippen MR) is 80.4 cm³/mol. The van der Waals surface area contributed by atoms with Crippen LogP contribution < -0.4 is 5.32 Å². The Labute approximate surface area is 128 Å². The van der Waals surface area contributed by atoms with Crippen LogP contribution in [0.4, 0.5) is 10.1 Å². The summed E-state index contributed by atoms with van der Waals surface area (Å²) in [5.74, 6) is -0.726. The number of ether oxygens (including phenoxy) is 1. The van der Waals surface area contributed by atoms with Crippen molar-refractivity contribution in [3.05, 3.63) is 47.5 Å². The zero-order valence-electron chi connectivity index (χ0n) is 12.4. The molecule has 3 rings (SSSR count). The number of carbonyl (C=O) groups is 1. The fraction of sp³-hybridized carbons (Fsp3) is 0.375. The van der Waals surface area contributed by atoms with Gasteiger partial charge in [0.05, 0.1) is 17.9 Å². The smallest absolute Gasteiger partial charge is 0.255 e. The van der Waals surface area contributed by atoms with Crippen LogP contribution in [0.1, 0.15) is 34.8 Å². The van der Waals surface area contributed by atoms with E-state index in [-0.39, 0.29) is 11.7 Å². The van der Waals surface area contributed by atoms with Crippen molar-refractivity contribution in [2.75, 3.05) is 18.5 Å². The average molecular weight is 303 g/mol. The number of nitrogens with zero attached hydrogens (tertiary/aromatic N) is 2. The van der Waals surface area contributed by atoms with Gasteiger partial charge < -0.3 is 10.1 Å². The van der Waals surface area contributed by atoms with Crippen molar-refractivity contribution < 1.29 is 13.9 Å². The quantitative estimate of drug-likeness (QED) is 0.948. The zero-order chi connectivity index (χ0) is 15.5. The number of rotatable bonds is 3. The number of hydrogen-bond donors (Lipinski definition) is 1. The van der Waals surface area contributed by atoms with Gasteiger partial charge >= 0.3 is 0 Å². The Balaban J connectivity index is 1.68. The lowest BCUT2D eigenvalue weighted by molar-refractivity contribution is 0.0662. The van der Waals surface area contributed by atoms with E-state index in [1.807, 2.05) is 4.68 Å². The largest absolute Gasteiger partial charge is 0.381 e. The second-order valence-corrected chi connectivity index (χ2v) is 5.47. The molecule has 1 saturated heterocycles. The number of nitrogens with one attached hydrogen (secondary N) is 1. The monoisotopic (exact) mass is 303 g/mol. The fourth-order valence-corrected chi connectivity index (χ4v) is 2.49. The number of amides is 1. The minimum absolute atomic E-state index is 0.293. The molecule has 1 aliphatic heterocycles. The topological polar surface area (TPSA) is 56.2 Å². The van der Waals surface area contributed by atoms with Crippen LogP contribution in [-0.2, 0) is 4.74 Å². The highest BCUT2D eigenvalue weighted by molar-refractivity contribution is 6.04. The fourth-order valence-electron chi connectivity index (χ4n) is 2.49. The van der Waals surface area contributed by atoms with Gasteiger partial charge in [0.2, 0.25) is 0 Å². The predicted octanol–water partition coefficient (Wildman–Crippen LogP) is 2.93. The lowest BCUT2D eigenvalue weighted by Gasteiger charge is -2.22. The molecule has 5 nitrogen and oxygen atoms in total. The average Bonchev–Trinajstić information content (AvgIpc) is 2.99. The summed E-state index contributed by atoms with van der Waals surface area (Å²) in [7, 11) is 0. The highest BCUT2D eigenvalue weighted by Gasteiger charge is 2.17. The Bertz CT molecular complexity index is 678. The Hall–Kier alpha value is -2.21. The van der Waals surface area contributed by atoms with Crippen molar-refractivity contribution in [1.29, 1.82) is 0 Å². The maximum absolute atomic E-state index is 13.5. The van der Waals surface area contributed by atoms with E-state index in [9.17, 15) is 9.18 Å². The minimum atomic E-state index is -0.384. The third-order valence-corrected chi connectivity index (χ3v) is 3.86. The molecule has 1 fully saturated rings. The van der Waals surface area contributed by atoms with Crippen LogP contribution in [0, 0.1) is 12.7 Å². The van der Waals surface area contributed by atoms with Crippen molar-refractivity contribution in [3.63, 3.8) is 0 Å². The number of aryl methyl sites for hydroxylation is 1. The molecule has 2 heterocycles. The van der Waals surface area contributed by atoms with Crippen LogP contribution >= 0.6 is 0 Å². The maximum atomic E-state index is 13.5. The number of halogens is 1.